The molecule has 118 valence electrons. The molecule has 5 nitrogen and oxygen atoms in total. The quantitative estimate of drug-likeness (QED) is 0.895. The molecule has 2 amide bonds. The second-order valence-corrected chi connectivity index (χ2v) is 6.24. The Hall–Kier alpha value is -1.59. The molecular weight excluding hydrogens is 302 g/mol. The van der Waals surface area contributed by atoms with Gasteiger partial charge in [0.1, 0.15) is 0 Å². The van der Waals surface area contributed by atoms with Crippen LogP contribution in [0.25, 0.3) is 0 Å². The minimum atomic E-state index is 0.0745. The molecule has 0 radical (unpaired) electrons. The van der Waals surface area contributed by atoms with Gasteiger partial charge in [-0.1, -0.05) is 29.8 Å². The van der Waals surface area contributed by atoms with E-state index in [4.69, 9.17) is 11.6 Å². The Kier molecular flexibility index (Phi) is 4.64. The highest BCUT2D eigenvalue weighted by atomic mass is 35.5. The van der Waals surface area contributed by atoms with Gasteiger partial charge in [0, 0.05) is 44.3 Å². The maximum absolute atomic E-state index is 12.4. The topological polar surface area (TPSA) is 52.7 Å². The molecule has 2 aliphatic heterocycles. The first-order valence-corrected chi connectivity index (χ1v) is 8.03. The number of amides is 2. The van der Waals surface area contributed by atoms with Crippen molar-refractivity contribution in [3.63, 3.8) is 0 Å². The number of hydrogen-bond acceptors (Lipinski definition) is 3. The largest absolute Gasteiger partial charge is 0.339 e. The molecule has 0 aliphatic carbocycles. The Morgan fingerprint density at radius 1 is 1.09 bits per heavy atom. The normalized spacial score (nSPS) is 19.0. The van der Waals surface area contributed by atoms with Crippen LogP contribution in [0.1, 0.15) is 5.56 Å². The molecule has 1 N–H and O–H groups in total. The van der Waals surface area contributed by atoms with E-state index in [-0.39, 0.29) is 17.7 Å². The molecule has 2 heterocycles. The molecule has 1 aromatic carbocycles. The van der Waals surface area contributed by atoms with Crippen LogP contribution in [0.5, 0.6) is 0 Å². The van der Waals surface area contributed by atoms with E-state index in [1.165, 1.54) is 0 Å². The van der Waals surface area contributed by atoms with Crippen molar-refractivity contribution in [3.05, 3.63) is 34.9 Å². The number of hydrogen-bond donors (Lipinski definition) is 1. The van der Waals surface area contributed by atoms with E-state index in [1.54, 1.807) is 6.07 Å². The zero-order chi connectivity index (χ0) is 15.5. The SMILES string of the molecule is O=C(Cc1ccccc1Cl)N1CCN(C(=O)C2CNC2)CC1. The number of nitrogens with zero attached hydrogens (tertiary/aromatic N) is 2. The van der Waals surface area contributed by atoms with Gasteiger partial charge in [0.15, 0.2) is 0 Å². The number of benzene rings is 1. The summed E-state index contributed by atoms with van der Waals surface area (Å²) in [6.07, 6.45) is 0.320. The molecule has 2 saturated heterocycles. The second-order valence-electron chi connectivity index (χ2n) is 5.83. The number of rotatable bonds is 3. The lowest BCUT2D eigenvalue weighted by Gasteiger charge is -2.38. The van der Waals surface area contributed by atoms with Gasteiger partial charge in [-0.3, -0.25) is 9.59 Å². The Labute approximate surface area is 135 Å². The van der Waals surface area contributed by atoms with Gasteiger partial charge in [0.25, 0.3) is 0 Å². The first kappa shape index (κ1) is 15.3. The van der Waals surface area contributed by atoms with Crippen molar-refractivity contribution in [2.45, 2.75) is 6.42 Å². The summed E-state index contributed by atoms with van der Waals surface area (Å²) in [6, 6.07) is 7.42. The second kappa shape index (κ2) is 6.67. The number of nitrogens with one attached hydrogen (secondary N) is 1. The molecule has 0 spiro atoms. The van der Waals surface area contributed by atoms with Crippen LogP contribution in [0, 0.1) is 5.92 Å². The fourth-order valence-corrected chi connectivity index (χ4v) is 3.02. The van der Waals surface area contributed by atoms with Gasteiger partial charge in [0.05, 0.1) is 12.3 Å². The zero-order valence-corrected chi connectivity index (χ0v) is 13.2. The highest BCUT2D eigenvalue weighted by Gasteiger charge is 2.31. The summed E-state index contributed by atoms with van der Waals surface area (Å²) in [4.78, 5) is 28.2. The summed E-state index contributed by atoms with van der Waals surface area (Å²) >= 11 is 6.10. The minimum absolute atomic E-state index is 0.0745. The molecule has 0 saturated carbocycles. The third kappa shape index (κ3) is 3.25. The average Bonchev–Trinajstić information content (AvgIpc) is 2.48. The van der Waals surface area contributed by atoms with Gasteiger partial charge >= 0.3 is 0 Å². The Balaban J connectivity index is 1.51. The summed E-state index contributed by atoms with van der Waals surface area (Å²) in [5.74, 6) is 0.424. The van der Waals surface area contributed by atoms with Crippen LogP contribution >= 0.6 is 11.6 Å². The van der Waals surface area contributed by atoms with Gasteiger partial charge < -0.3 is 15.1 Å². The van der Waals surface area contributed by atoms with Crippen molar-refractivity contribution < 1.29 is 9.59 Å². The molecule has 2 aliphatic rings. The Bertz CT molecular complexity index is 566. The van der Waals surface area contributed by atoms with Crippen LogP contribution in [-0.4, -0.2) is 60.9 Å². The van der Waals surface area contributed by atoms with Crippen LogP contribution in [-0.2, 0) is 16.0 Å². The van der Waals surface area contributed by atoms with Crippen LogP contribution in [0.4, 0.5) is 0 Å². The van der Waals surface area contributed by atoms with E-state index in [1.807, 2.05) is 28.0 Å². The van der Waals surface area contributed by atoms with Crippen molar-refractivity contribution in [1.82, 2.24) is 15.1 Å². The van der Waals surface area contributed by atoms with E-state index in [0.717, 1.165) is 18.7 Å². The van der Waals surface area contributed by atoms with Gasteiger partial charge in [-0.15, -0.1) is 0 Å². The molecule has 3 rings (SSSR count). The molecule has 0 bridgehead atoms. The van der Waals surface area contributed by atoms with E-state index >= 15 is 0 Å². The number of halogens is 1. The Morgan fingerprint density at radius 2 is 1.73 bits per heavy atom. The summed E-state index contributed by atoms with van der Waals surface area (Å²) in [5, 5.41) is 3.74. The molecule has 6 heteroatoms. The lowest BCUT2D eigenvalue weighted by Crippen LogP contribution is -2.57. The summed E-state index contributed by atoms with van der Waals surface area (Å²) in [5.41, 5.74) is 0.855. The maximum Gasteiger partial charge on any atom is 0.228 e. The van der Waals surface area contributed by atoms with E-state index in [9.17, 15) is 9.59 Å². The lowest BCUT2D eigenvalue weighted by atomic mass is 10.0. The lowest BCUT2D eigenvalue weighted by molar-refractivity contribution is -0.143. The fraction of sp³-hybridized carbons (Fsp3) is 0.500. The maximum atomic E-state index is 12.4. The fourth-order valence-electron chi connectivity index (χ4n) is 2.81. The zero-order valence-electron chi connectivity index (χ0n) is 12.4. The van der Waals surface area contributed by atoms with Crippen molar-refractivity contribution in [3.8, 4) is 0 Å². The minimum Gasteiger partial charge on any atom is -0.339 e. The van der Waals surface area contributed by atoms with Crippen molar-refractivity contribution >= 4 is 23.4 Å². The summed E-state index contributed by atoms with van der Waals surface area (Å²) in [6.45, 7) is 4.03. The van der Waals surface area contributed by atoms with Gasteiger partial charge in [-0.05, 0) is 11.6 Å². The molecule has 0 aromatic heterocycles. The summed E-state index contributed by atoms with van der Waals surface area (Å²) in [7, 11) is 0. The first-order chi connectivity index (χ1) is 10.6. The van der Waals surface area contributed by atoms with Crippen LogP contribution < -0.4 is 5.32 Å². The predicted molar refractivity (Wildman–Crippen MR) is 84.7 cm³/mol. The standard InChI is InChI=1S/C16H20ClN3O2/c17-14-4-2-1-3-12(14)9-15(21)19-5-7-20(8-6-19)16(22)13-10-18-11-13/h1-4,13,18H,5-11H2. The number of carbonyl (C=O) groups is 2. The van der Waals surface area contributed by atoms with E-state index in [2.05, 4.69) is 5.32 Å². The van der Waals surface area contributed by atoms with Crippen molar-refractivity contribution in [2.75, 3.05) is 39.3 Å². The predicted octanol–water partition coefficient (Wildman–Crippen LogP) is 0.773. The Morgan fingerprint density at radius 3 is 2.32 bits per heavy atom. The highest BCUT2D eigenvalue weighted by molar-refractivity contribution is 6.31. The summed E-state index contributed by atoms with van der Waals surface area (Å²) < 4.78 is 0. The monoisotopic (exact) mass is 321 g/mol. The third-order valence-corrected chi connectivity index (χ3v) is 4.74. The molecule has 22 heavy (non-hydrogen) atoms. The third-order valence-electron chi connectivity index (χ3n) is 4.37. The average molecular weight is 322 g/mol. The van der Waals surface area contributed by atoms with E-state index in [0.29, 0.717) is 37.6 Å². The van der Waals surface area contributed by atoms with Crippen molar-refractivity contribution in [2.24, 2.45) is 5.92 Å². The smallest absolute Gasteiger partial charge is 0.228 e. The molecule has 0 unspecified atom stereocenters. The highest BCUT2D eigenvalue weighted by Crippen LogP contribution is 2.17. The first-order valence-electron chi connectivity index (χ1n) is 7.66. The van der Waals surface area contributed by atoms with Crippen LogP contribution in [0.2, 0.25) is 5.02 Å². The molecular formula is C16H20ClN3O2. The van der Waals surface area contributed by atoms with Gasteiger partial charge in [-0.2, -0.15) is 0 Å². The van der Waals surface area contributed by atoms with Gasteiger partial charge in [-0.25, -0.2) is 0 Å². The van der Waals surface area contributed by atoms with Gasteiger partial charge in [0.2, 0.25) is 11.8 Å². The van der Waals surface area contributed by atoms with Crippen LogP contribution in [0.3, 0.4) is 0 Å². The number of piperazine rings is 1. The molecule has 1 aromatic rings. The molecule has 0 atom stereocenters. The van der Waals surface area contributed by atoms with Crippen LogP contribution in [0.15, 0.2) is 24.3 Å². The van der Waals surface area contributed by atoms with E-state index < -0.39 is 0 Å². The number of carbonyl (C=O) groups excluding carboxylic acids is 2. The molecule has 2 fully saturated rings. The van der Waals surface area contributed by atoms with Crippen molar-refractivity contribution in [1.29, 1.82) is 0 Å².